The minimum absolute atomic E-state index is 0.0381. The number of carbonyl (C=O) groups excluding carboxylic acids is 2. The molecule has 6 heteroatoms. The van der Waals surface area contributed by atoms with E-state index in [-0.39, 0.29) is 17.4 Å². The highest BCUT2D eigenvalue weighted by atomic mass is 19.1. The van der Waals surface area contributed by atoms with E-state index in [1.54, 1.807) is 41.3 Å². The number of Topliss-reactive ketones (excluding diaryl/α,β-unsaturated/α-hetero) is 1. The lowest BCUT2D eigenvalue weighted by atomic mass is 9.94. The topological polar surface area (TPSA) is 66.8 Å². The van der Waals surface area contributed by atoms with E-state index in [4.69, 9.17) is 4.74 Å². The zero-order chi connectivity index (χ0) is 22.0. The quantitative estimate of drug-likeness (QED) is 0.404. The molecule has 1 saturated carbocycles. The summed E-state index contributed by atoms with van der Waals surface area (Å²) in [6.45, 7) is 2.53. The predicted octanol–water partition coefficient (Wildman–Crippen LogP) is 4.98. The molecule has 1 aliphatic carbocycles. The molecular weight excluding hydrogens is 397 g/mol. The van der Waals surface area contributed by atoms with Crippen LogP contribution < -0.4 is 4.74 Å². The van der Waals surface area contributed by atoms with Gasteiger partial charge in [-0.2, -0.15) is 0 Å². The molecule has 0 radical (unpaired) electrons. The fraction of sp³-hybridized carbons (Fsp3) is 0.360. The first-order valence-corrected chi connectivity index (χ1v) is 10.8. The molecule has 5 nitrogen and oxygen atoms in total. The average molecular weight is 423 g/mol. The second-order valence-corrected chi connectivity index (χ2v) is 8.07. The summed E-state index contributed by atoms with van der Waals surface area (Å²) in [5.41, 5.74) is 1.05. The van der Waals surface area contributed by atoms with Crippen LogP contribution in [0.25, 0.3) is 5.76 Å². The molecule has 0 spiro atoms. The van der Waals surface area contributed by atoms with Gasteiger partial charge in [0, 0.05) is 11.6 Å². The van der Waals surface area contributed by atoms with Crippen molar-refractivity contribution in [2.24, 2.45) is 0 Å². The zero-order valence-corrected chi connectivity index (χ0v) is 17.5. The Morgan fingerprint density at radius 1 is 1.13 bits per heavy atom. The second kappa shape index (κ2) is 8.92. The van der Waals surface area contributed by atoms with Gasteiger partial charge in [0.05, 0.1) is 18.2 Å². The van der Waals surface area contributed by atoms with E-state index in [0.29, 0.717) is 23.5 Å². The van der Waals surface area contributed by atoms with Gasteiger partial charge in [-0.05, 0) is 49.1 Å². The van der Waals surface area contributed by atoms with Crippen molar-refractivity contribution in [2.75, 3.05) is 6.61 Å². The molecule has 31 heavy (non-hydrogen) atoms. The summed E-state index contributed by atoms with van der Waals surface area (Å²) in [4.78, 5) is 27.7. The van der Waals surface area contributed by atoms with Gasteiger partial charge in [0.2, 0.25) is 0 Å². The number of ketones is 1. The summed E-state index contributed by atoms with van der Waals surface area (Å²) in [6.07, 6.45) is 4.44. The molecule has 0 bridgehead atoms. The van der Waals surface area contributed by atoms with Crippen molar-refractivity contribution in [3.8, 4) is 5.75 Å². The molecule has 1 amide bonds. The highest BCUT2D eigenvalue weighted by Gasteiger charge is 2.49. The van der Waals surface area contributed by atoms with Crippen LogP contribution in [-0.4, -0.2) is 34.3 Å². The number of likely N-dealkylation sites (tertiary alicyclic amines) is 1. The van der Waals surface area contributed by atoms with Crippen LogP contribution in [0.3, 0.4) is 0 Å². The Morgan fingerprint density at radius 2 is 1.84 bits per heavy atom. The number of nitrogens with zero attached hydrogens (tertiary/aromatic N) is 1. The van der Waals surface area contributed by atoms with E-state index < -0.39 is 23.5 Å². The lowest BCUT2D eigenvalue weighted by Gasteiger charge is -2.30. The molecule has 1 aliphatic heterocycles. The number of benzene rings is 2. The molecule has 1 N–H and O–H groups in total. The van der Waals surface area contributed by atoms with Gasteiger partial charge in [-0.3, -0.25) is 9.59 Å². The van der Waals surface area contributed by atoms with E-state index in [9.17, 15) is 19.1 Å². The number of rotatable bonds is 6. The Morgan fingerprint density at radius 3 is 2.52 bits per heavy atom. The lowest BCUT2D eigenvalue weighted by molar-refractivity contribution is -0.141. The number of carbonyl (C=O) groups is 2. The second-order valence-electron chi connectivity index (χ2n) is 8.07. The molecule has 1 heterocycles. The SMILES string of the molecule is CCCOc1cccc(/C(O)=C2/C(=O)C(=O)N(C3CCCC3)C2c2ccc(F)cc2)c1. The van der Waals surface area contributed by atoms with Gasteiger partial charge in [-0.15, -0.1) is 0 Å². The van der Waals surface area contributed by atoms with Gasteiger partial charge in [-0.1, -0.05) is 44.0 Å². The average Bonchev–Trinajstić information content (AvgIpc) is 3.39. The number of aliphatic hydroxyl groups excluding tert-OH is 1. The molecule has 1 unspecified atom stereocenters. The molecular formula is C25H26FNO4. The Bertz CT molecular complexity index is 1010. The van der Waals surface area contributed by atoms with Crippen molar-refractivity contribution < 1.29 is 23.8 Å². The van der Waals surface area contributed by atoms with Crippen molar-refractivity contribution >= 4 is 17.4 Å². The molecule has 2 aromatic rings. The number of ether oxygens (including phenoxy) is 1. The van der Waals surface area contributed by atoms with Crippen LogP contribution >= 0.6 is 0 Å². The van der Waals surface area contributed by atoms with Crippen LogP contribution in [0.15, 0.2) is 54.1 Å². The van der Waals surface area contributed by atoms with Gasteiger partial charge >= 0.3 is 0 Å². The van der Waals surface area contributed by atoms with Crippen LogP contribution in [0.2, 0.25) is 0 Å². The van der Waals surface area contributed by atoms with Gasteiger partial charge in [0.1, 0.15) is 17.3 Å². The van der Waals surface area contributed by atoms with Crippen LogP contribution in [0.4, 0.5) is 4.39 Å². The van der Waals surface area contributed by atoms with Crippen molar-refractivity contribution in [2.45, 2.75) is 51.1 Å². The predicted molar refractivity (Wildman–Crippen MR) is 115 cm³/mol. The maximum Gasteiger partial charge on any atom is 0.295 e. The number of hydrogen-bond donors (Lipinski definition) is 1. The number of amides is 1. The Kier molecular flexibility index (Phi) is 6.07. The van der Waals surface area contributed by atoms with Crippen molar-refractivity contribution in [1.29, 1.82) is 0 Å². The largest absolute Gasteiger partial charge is 0.507 e. The first-order chi connectivity index (χ1) is 15.0. The first-order valence-electron chi connectivity index (χ1n) is 10.8. The van der Waals surface area contributed by atoms with Crippen LogP contribution in [0.5, 0.6) is 5.75 Å². The van der Waals surface area contributed by atoms with Crippen molar-refractivity contribution in [3.63, 3.8) is 0 Å². The fourth-order valence-corrected chi connectivity index (χ4v) is 4.49. The normalized spacial score (nSPS) is 21.1. The van der Waals surface area contributed by atoms with E-state index in [1.165, 1.54) is 12.1 Å². The monoisotopic (exact) mass is 423 g/mol. The summed E-state index contributed by atoms with van der Waals surface area (Å²) < 4.78 is 19.2. The van der Waals surface area contributed by atoms with Gasteiger partial charge < -0.3 is 14.7 Å². The Labute approximate surface area is 181 Å². The molecule has 0 aromatic heterocycles. The third-order valence-electron chi connectivity index (χ3n) is 5.96. The molecule has 4 rings (SSSR count). The van der Waals surface area contributed by atoms with Gasteiger partial charge in [-0.25, -0.2) is 4.39 Å². The first kappa shape index (κ1) is 21.1. The summed E-state index contributed by atoms with van der Waals surface area (Å²) >= 11 is 0. The summed E-state index contributed by atoms with van der Waals surface area (Å²) in [5, 5.41) is 11.2. The fourth-order valence-electron chi connectivity index (χ4n) is 4.49. The third kappa shape index (κ3) is 4.07. The van der Waals surface area contributed by atoms with Crippen LogP contribution in [0.1, 0.15) is 56.2 Å². The van der Waals surface area contributed by atoms with Crippen LogP contribution in [0, 0.1) is 5.82 Å². The molecule has 1 atom stereocenters. The highest BCUT2D eigenvalue weighted by molar-refractivity contribution is 6.46. The van der Waals surface area contributed by atoms with Gasteiger partial charge in [0.15, 0.2) is 0 Å². The standard InChI is InChI=1S/C25H26FNO4/c1-2-14-31-20-9-5-6-17(15-20)23(28)21-22(16-10-12-18(26)13-11-16)27(25(30)24(21)29)19-7-3-4-8-19/h5-6,9-13,15,19,22,28H,2-4,7-8,14H2,1H3/b23-21-. The number of aliphatic hydroxyl groups is 1. The summed E-state index contributed by atoms with van der Waals surface area (Å²) in [7, 11) is 0. The van der Waals surface area contributed by atoms with E-state index in [0.717, 1.165) is 32.1 Å². The molecule has 2 fully saturated rings. The summed E-state index contributed by atoms with van der Waals surface area (Å²) in [6, 6.07) is 11.8. The lowest BCUT2D eigenvalue weighted by Crippen LogP contribution is -2.37. The minimum atomic E-state index is -0.746. The maximum atomic E-state index is 13.6. The molecule has 162 valence electrons. The minimum Gasteiger partial charge on any atom is -0.507 e. The van der Waals surface area contributed by atoms with E-state index in [1.807, 2.05) is 6.92 Å². The zero-order valence-electron chi connectivity index (χ0n) is 17.5. The Hall–Kier alpha value is -3.15. The third-order valence-corrected chi connectivity index (χ3v) is 5.96. The maximum absolute atomic E-state index is 13.6. The smallest absolute Gasteiger partial charge is 0.295 e. The molecule has 2 aliphatic rings. The van der Waals surface area contributed by atoms with Crippen molar-refractivity contribution in [3.05, 3.63) is 71.0 Å². The van der Waals surface area contributed by atoms with Crippen molar-refractivity contribution in [1.82, 2.24) is 4.90 Å². The van der Waals surface area contributed by atoms with Gasteiger partial charge in [0.25, 0.3) is 11.7 Å². The van der Waals surface area contributed by atoms with E-state index in [2.05, 4.69) is 0 Å². The summed E-state index contributed by atoms with van der Waals surface area (Å²) in [5.74, 6) is -1.38. The Balaban J connectivity index is 1.82. The molecule has 1 saturated heterocycles. The number of hydrogen-bond acceptors (Lipinski definition) is 4. The number of halogens is 1. The van der Waals surface area contributed by atoms with Crippen LogP contribution in [-0.2, 0) is 9.59 Å². The highest BCUT2D eigenvalue weighted by Crippen LogP contribution is 2.43. The molecule has 2 aromatic carbocycles. The van der Waals surface area contributed by atoms with E-state index >= 15 is 0 Å².